The van der Waals surface area contributed by atoms with Crippen molar-refractivity contribution in [2.75, 3.05) is 18.8 Å². The summed E-state index contributed by atoms with van der Waals surface area (Å²) in [7, 11) is 0. The monoisotopic (exact) mass is 282 g/mol. The molecule has 0 saturated heterocycles. The first-order valence-electron chi connectivity index (χ1n) is 6.94. The van der Waals surface area contributed by atoms with Gasteiger partial charge in [-0.3, -0.25) is 4.79 Å². The second-order valence-electron chi connectivity index (χ2n) is 4.74. The lowest BCUT2D eigenvalue weighted by Crippen LogP contribution is -2.33. The summed E-state index contributed by atoms with van der Waals surface area (Å²) in [6, 6.07) is 5.05. The Morgan fingerprint density at radius 2 is 1.79 bits per heavy atom. The average molecular weight is 283 g/mol. The van der Waals surface area contributed by atoms with Crippen LogP contribution in [0.3, 0.4) is 0 Å². The van der Waals surface area contributed by atoms with Crippen LogP contribution >= 0.6 is 11.6 Å². The van der Waals surface area contributed by atoms with E-state index < -0.39 is 0 Å². The fourth-order valence-corrected chi connectivity index (χ4v) is 2.09. The predicted octanol–water partition coefficient (Wildman–Crippen LogP) is 3.96. The summed E-state index contributed by atoms with van der Waals surface area (Å²) in [6.45, 7) is 5.80. The number of anilines is 1. The maximum atomic E-state index is 12.5. The van der Waals surface area contributed by atoms with E-state index in [0.29, 0.717) is 16.3 Å². The number of hydrogen-bond donors (Lipinski definition) is 1. The minimum absolute atomic E-state index is 0.0146. The van der Waals surface area contributed by atoms with Crippen molar-refractivity contribution in [3.05, 3.63) is 28.8 Å². The van der Waals surface area contributed by atoms with Crippen LogP contribution in [-0.4, -0.2) is 23.9 Å². The van der Waals surface area contributed by atoms with E-state index in [4.69, 9.17) is 17.3 Å². The zero-order valence-electron chi connectivity index (χ0n) is 11.8. The number of rotatable bonds is 7. The summed E-state index contributed by atoms with van der Waals surface area (Å²) in [5.41, 5.74) is 6.81. The van der Waals surface area contributed by atoms with Crippen LogP contribution in [0, 0.1) is 0 Å². The first kappa shape index (κ1) is 15.8. The Labute approximate surface area is 120 Å². The van der Waals surface area contributed by atoms with Gasteiger partial charge in [0.2, 0.25) is 0 Å². The van der Waals surface area contributed by atoms with Crippen molar-refractivity contribution < 1.29 is 4.79 Å². The van der Waals surface area contributed by atoms with E-state index in [-0.39, 0.29) is 5.91 Å². The van der Waals surface area contributed by atoms with Crippen LogP contribution in [0.1, 0.15) is 49.9 Å². The quantitative estimate of drug-likeness (QED) is 0.769. The molecule has 0 fully saturated rings. The fourth-order valence-electron chi connectivity index (χ4n) is 1.89. The smallest absolute Gasteiger partial charge is 0.255 e. The lowest BCUT2D eigenvalue weighted by atomic mass is 10.1. The van der Waals surface area contributed by atoms with Crippen LogP contribution in [0.5, 0.6) is 0 Å². The minimum Gasteiger partial charge on any atom is -0.399 e. The van der Waals surface area contributed by atoms with Gasteiger partial charge < -0.3 is 10.6 Å². The molecule has 1 amide bonds. The van der Waals surface area contributed by atoms with Crippen molar-refractivity contribution in [3.63, 3.8) is 0 Å². The number of amides is 1. The van der Waals surface area contributed by atoms with Gasteiger partial charge >= 0.3 is 0 Å². The fraction of sp³-hybridized carbons (Fsp3) is 0.533. The van der Waals surface area contributed by atoms with E-state index in [1.54, 1.807) is 18.2 Å². The minimum atomic E-state index is -0.0146. The molecule has 0 heterocycles. The molecule has 0 aliphatic carbocycles. The molecule has 4 heteroatoms. The van der Waals surface area contributed by atoms with E-state index in [1.165, 1.54) is 0 Å². The maximum absolute atomic E-state index is 12.5. The Balaban J connectivity index is 2.87. The highest BCUT2D eigenvalue weighted by atomic mass is 35.5. The molecule has 0 spiro atoms. The number of benzene rings is 1. The number of carbonyl (C=O) groups excluding carboxylic acids is 1. The van der Waals surface area contributed by atoms with E-state index in [0.717, 1.165) is 38.8 Å². The number of carbonyl (C=O) groups is 1. The Kier molecular flexibility index (Phi) is 6.71. The van der Waals surface area contributed by atoms with Crippen LogP contribution < -0.4 is 5.73 Å². The first-order chi connectivity index (χ1) is 9.10. The van der Waals surface area contributed by atoms with Gasteiger partial charge in [0.1, 0.15) is 0 Å². The van der Waals surface area contributed by atoms with Gasteiger partial charge in [-0.1, -0.05) is 38.3 Å². The molecule has 19 heavy (non-hydrogen) atoms. The number of nitrogens with two attached hydrogens (primary N) is 1. The third-order valence-corrected chi connectivity index (χ3v) is 3.40. The number of nitrogens with zero attached hydrogens (tertiary/aromatic N) is 1. The zero-order valence-corrected chi connectivity index (χ0v) is 12.5. The highest BCUT2D eigenvalue weighted by molar-refractivity contribution is 6.34. The van der Waals surface area contributed by atoms with Crippen molar-refractivity contribution in [2.24, 2.45) is 0 Å². The number of hydrogen-bond acceptors (Lipinski definition) is 2. The highest BCUT2D eigenvalue weighted by Gasteiger charge is 2.17. The molecule has 1 aromatic rings. The topological polar surface area (TPSA) is 46.3 Å². The lowest BCUT2D eigenvalue weighted by Gasteiger charge is -2.23. The largest absolute Gasteiger partial charge is 0.399 e. The normalized spacial score (nSPS) is 10.5. The molecule has 0 saturated carbocycles. The second-order valence-corrected chi connectivity index (χ2v) is 5.15. The molecule has 1 aromatic carbocycles. The van der Waals surface area contributed by atoms with Crippen LogP contribution in [0.4, 0.5) is 5.69 Å². The Bertz CT molecular complexity index is 413. The Hall–Kier alpha value is -1.22. The van der Waals surface area contributed by atoms with Crippen LogP contribution in [0.15, 0.2) is 18.2 Å². The molecule has 1 rings (SSSR count). The second kappa shape index (κ2) is 8.05. The van der Waals surface area contributed by atoms with Gasteiger partial charge in [-0.2, -0.15) is 0 Å². The molecule has 0 unspecified atom stereocenters. The van der Waals surface area contributed by atoms with Crippen LogP contribution in [0.25, 0.3) is 0 Å². The molecular weight excluding hydrogens is 260 g/mol. The van der Waals surface area contributed by atoms with Crippen LogP contribution in [-0.2, 0) is 0 Å². The summed E-state index contributed by atoms with van der Waals surface area (Å²) in [6.07, 6.45) is 4.16. The summed E-state index contributed by atoms with van der Waals surface area (Å²) in [5, 5.41) is 0.470. The van der Waals surface area contributed by atoms with Crippen molar-refractivity contribution >= 4 is 23.2 Å². The molecular formula is C15H23ClN2O. The summed E-state index contributed by atoms with van der Waals surface area (Å²) in [4.78, 5) is 14.4. The van der Waals surface area contributed by atoms with Gasteiger partial charge in [0, 0.05) is 18.8 Å². The molecule has 0 aliphatic heterocycles. The third kappa shape index (κ3) is 4.75. The number of halogens is 1. The van der Waals surface area contributed by atoms with E-state index >= 15 is 0 Å². The van der Waals surface area contributed by atoms with Gasteiger partial charge in [-0.15, -0.1) is 0 Å². The molecule has 2 N–H and O–H groups in total. The van der Waals surface area contributed by atoms with Crippen molar-refractivity contribution in [1.82, 2.24) is 4.90 Å². The van der Waals surface area contributed by atoms with Crippen molar-refractivity contribution in [1.29, 1.82) is 0 Å². The molecule has 0 bridgehead atoms. The SMILES string of the molecule is CCCCN(CCCC)C(=O)c1cc(N)ccc1Cl. The lowest BCUT2D eigenvalue weighted by molar-refractivity contribution is 0.0751. The maximum Gasteiger partial charge on any atom is 0.255 e. The standard InChI is InChI=1S/C15H23ClN2O/c1-3-5-9-18(10-6-4-2)15(19)13-11-12(17)7-8-14(13)16/h7-8,11H,3-6,9-10,17H2,1-2H3. The van der Waals surface area contributed by atoms with E-state index in [2.05, 4.69) is 13.8 Å². The molecule has 0 aromatic heterocycles. The first-order valence-corrected chi connectivity index (χ1v) is 7.32. The Morgan fingerprint density at radius 1 is 1.21 bits per heavy atom. The zero-order chi connectivity index (χ0) is 14.3. The number of nitrogen functional groups attached to an aromatic ring is 1. The molecule has 3 nitrogen and oxygen atoms in total. The molecule has 106 valence electrons. The predicted molar refractivity (Wildman–Crippen MR) is 81.6 cm³/mol. The van der Waals surface area contributed by atoms with Crippen molar-refractivity contribution in [3.8, 4) is 0 Å². The summed E-state index contributed by atoms with van der Waals surface area (Å²) < 4.78 is 0. The van der Waals surface area contributed by atoms with Gasteiger partial charge in [-0.05, 0) is 31.0 Å². The van der Waals surface area contributed by atoms with Crippen molar-refractivity contribution in [2.45, 2.75) is 39.5 Å². The van der Waals surface area contributed by atoms with Gasteiger partial charge in [-0.25, -0.2) is 0 Å². The summed E-state index contributed by atoms with van der Waals surface area (Å²) in [5.74, 6) is -0.0146. The van der Waals surface area contributed by atoms with Gasteiger partial charge in [0.05, 0.1) is 10.6 Å². The summed E-state index contributed by atoms with van der Waals surface area (Å²) >= 11 is 6.10. The van der Waals surface area contributed by atoms with E-state index in [1.807, 2.05) is 4.90 Å². The third-order valence-electron chi connectivity index (χ3n) is 3.07. The molecule has 0 aliphatic rings. The number of unbranched alkanes of at least 4 members (excludes halogenated alkanes) is 2. The van der Waals surface area contributed by atoms with E-state index in [9.17, 15) is 4.79 Å². The van der Waals surface area contributed by atoms with Gasteiger partial charge in [0.15, 0.2) is 0 Å². The highest BCUT2D eigenvalue weighted by Crippen LogP contribution is 2.21. The average Bonchev–Trinajstić information content (AvgIpc) is 2.41. The Morgan fingerprint density at radius 3 is 2.32 bits per heavy atom. The van der Waals surface area contributed by atoms with Gasteiger partial charge in [0.25, 0.3) is 5.91 Å². The van der Waals surface area contributed by atoms with Crippen LogP contribution in [0.2, 0.25) is 5.02 Å². The molecule has 0 atom stereocenters. The molecule has 0 radical (unpaired) electrons.